The standard InChI is InChI=1S/C24H24N2O4/c1-4-30-17-14-12-16(13-15-17)26-23(19-9-7-11-21(28-2)22(19)29-3)25-20-10-6-5-8-18(20)24(26)27/h5-15,23,25H,4H2,1-3H3/t23-/m1/s1. The molecule has 4 rings (SSSR count). The summed E-state index contributed by atoms with van der Waals surface area (Å²) in [6, 6.07) is 20.7. The molecular formula is C24H24N2O4. The Morgan fingerprint density at radius 1 is 0.933 bits per heavy atom. The van der Waals surface area contributed by atoms with Gasteiger partial charge in [-0.2, -0.15) is 0 Å². The van der Waals surface area contributed by atoms with E-state index in [9.17, 15) is 4.79 Å². The fraction of sp³-hybridized carbons (Fsp3) is 0.208. The maximum Gasteiger partial charge on any atom is 0.262 e. The summed E-state index contributed by atoms with van der Waals surface area (Å²) in [5.41, 5.74) is 2.94. The van der Waals surface area contributed by atoms with Crippen molar-refractivity contribution in [1.82, 2.24) is 0 Å². The topological polar surface area (TPSA) is 60.0 Å². The smallest absolute Gasteiger partial charge is 0.262 e. The molecule has 0 bridgehead atoms. The molecule has 1 aliphatic rings. The summed E-state index contributed by atoms with van der Waals surface area (Å²) in [6.45, 7) is 2.52. The average Bonchev–Trinajstić information content (AvgIpc) is 2.79. The lowest BCUT2D eigenvalue weighted by molar-refractivity contribution is 0.0974. The number of fused-ring (bicyclic) bond motifs is 1. The number of para-hydroxylation sites is 2. The van der Waals surface area contributed by atoms with Gasteiger partial charge in [0, 0.05) is 16.9 Å². The number of rotatable bonds is 6. The third-order valence-electron chi connectivity index (χ3n) is 5.08. The number of nitrogens with one attached hydrogen (secondary N) is 1. The summed E-state index contributed by atoms with van der Waals surface area (Å²) in [5.74, 6) is 1.85. The largest absolute Gasteiger partial charge is 0.494 e. The van der Waals surface area contributed by atoms with Gasteiger partial charge < -0.3 is 19.5 Å². The number of ether oxygens (including phenoxy) is 3. The van der Waals surface area contributed by atoms with E-state index in [1.807, 2.05) is 73.7 Å². The third kappa shape index (κ3) is 3.41. The third-order valence-corrected chi connectivity index (χ3v) is 5.08. The normalized spacial score (nSPS) is 15.2. The van der Waals surface area contributed by atoms with Crippen LogP contribution in [-0.4, -0.2) is 26.7 Å². The van der Waals surface area contributed by atoms with Crippen LogP contribution in [0.5, 0.6) is 17.2 Å². The molecule has 3 aromatic rings. The summed E-state index contributed by atoms with van der Waals surface area (Å²) < 4.78 is 16.7. The Bertz CT molecular complexity index is 1050. The second kappa shape index (κ2) is 8.37. The van der Waals surface area contributed by atoms with Gasteiger partial charge in [-0.3, -0.25) is 9.69 Å². The summed E-state index contributed by atoms with van der Waals surface area (Å²) in [5, 5.41) is 3.50. The molecular weight excluding hydrogens is 380 g/mol. The molecule has 1 atom stereocenters. The molecule has 0 saturated heterocycles. The van der Waals surface area contributed by atoms with Crippen molar-refractivity contribution in [2.45, 2.75) is 13.1 Å². The van der Waals surface area contributed by atoms with Crippen LogP contribution in [0, 0.1) is 0 Å². The van der Waals surface area contributed by atoms with E-state index >= 15 is 0 Å². The van der Waals surface area contributed by atoms with Gasteiger partial charge >= 0.3 is 0 Å². The predicted octanol–water partition coefficient (Wildman–Crippen LogP) is 4.87. The molecule has 1 amide bonds. The van der Waals surface area contributed by atoms with E-state index in [0.29, 0.717) is 23.7 Å². The molecule has 1 heterocycles. The minimum absolute atomic E-state index is 0.0941. The minimum atomic E-state index is -0.476. The van der Waals surface area contributed by atoms with Crippen molar-refractivity contribution in [3.63, 3.8) is 0 Å². The van der Waals surface area contributed by atoms with E-state index in [2.05, 4.69) is 5.32 Å². The van der Waals surface area contributed by atoms with Crippen LogP contribution in [0.3, 0.4) is 0 Å². The highest BCUT2D eigenvalue weighted by Crippen LogP contribution is 2.42. The second-order valence-electron chi connectivity index (χ2n) is 6.78. The van der Waals surface area contributed by atoms with Gasteiger partial charge in [-0.15, -0.1) is 0 Å². The number of carbonyl (C=O) groups excluding carboxylic acids is 1. The minimum Gasteiger partial charge on any atom is -0.494 e. The molecule has 0 spiro atoms. The molecule has 1 aliphatic heterocycles. The van der Waals surface area contributed by atoms with Gasteiger partial charge in [0.25, 0.3) is 5.91 Å². The number of nitrogens with zero attached hydrogens (tertiary/aromatic N) is 1. The molecule has 0 radical (unpaired) electrons. The lowest BCUT2D eigenvalue weighted by Crippen LogP contribution is -2.43. The summed E-state index contributed by atoms with van der Waals surface area (Å²) in [7, 11) is 3.20. The van der Waals surface area contributed by atoms with Crippen LogP contribution in [0.2, 0.25) is 0 Å². The van der Waals surface area contributed by atoms with Crippen LogP contribution < -0.4 is 24.4 Å². The van der Waals surface area contributed by atoms with Gasteiger partial charge in [-0.05, 0) is 49.4 Å². The molecule has 0 aromatic heterocycles. The van der Waals surface area contributed by atoms with E-state index in [4.69, 9.17) is 14.2 Å². The second-order valence-corrected chi connectivity index (χ2v) is 6.78. The molecule has 3 aromatic carbocycles. The molecule has 0 unspecified atom stereocenters. The zero-order valence-electron chi connectivity index (χ0n) is 17.2. The highest BCUT2D eigenvalue weighted by molar-refractivity contribution is 6.12. The number of benzene rings is 3. The molecule has 0 fully saturated rings. The highest BCUT2D eigenvalue weighted by Gasteiger charge is 2.36. The average molecular weight is 404 g/mol. The van der Waals surface area contributed by atoms with E-state index in [1.54, 1.807) is 19.1 Å². The molecule has 154 valence electrons. The number of methoxy groups -OCH3 is 2. The number of anilines is 2. The van der Waals surface area contributed by atoms with Gasteiger partial charge in [-0.1, -0.05) is 24.3 Å². The number of hydrogen-bond donors (Lipinski definition) is 1. The fourth-order valence-corrected chi connectivity index (χ4v) is 3.73. The maximum absolute atomic E-state index is 13.5. The Labute approximate surface area is 176 Å². The first-order chi connectivity index (χ1) is 14.7. The van der Waals surface area contributed by atoms with Gasteiger partial charge in [0.2, 0.25) is 0 Å². The zero-order valence-corrected chi connectivity index (χ0v) is 17.2. The van der Waals surface area contributed by atoms with E-state index in [1.165, 1.54) is 0 Å². The molecule has 0 aliphatic carbocycles. The molecule has 0 saturated carbocycles. The monoisotopic (exact) mass is 404 g/mol. The van der Waals surface area contributed by atoms with Gasteiger partial charge in [0.15, 0.2) is 11.5 Å². The quantitative estimate of drug-likeness (QED) is 0.635. The first-order valence-electron chi connectivity index (χ1n) is 9.80. The summed E-state index contributed by atoms with van der Waals surface area (Å²) in [6.07, 6.45) is -0.476. The van der Waals surface area contributed by atoms with Crippen molar-refractivity contribution >= 4 is 17.3 Å². The molecule has 6 nitrogen and oxygen atoms in total. The zero-order chi connectivity index (χ0) is 21.1. The molecule has 1 N–H and O–H groups in total. The lowest BCUT2D eigenvalue weighted by Gasteiger charge is -2.38. The number of carbonyl (C=O) groups is 1. The van der Waals surface area contributed by atoms with Crippen LogP contribution in [0.25, 0.3) is 0 Å². The first-order valence-corrected chi connectivity index (χ1v) is 9.80. The van der Waals surface area contributed by atoms with Gasteiger partial charge in [0.1, 0.15) is 11.9 Å². The van der Waals surface area contributed by atoms with Gasteiger partial charge in [-0.25, -0.2) is 0 Å². The molecule has 6 heteroatoms. The van der Waals surface area contributed by atoms with E-state index in [-0.39, 0.29) is 5.91 Å². The summed E-state index contributed by atoms with van der Waals surface area (Å²) in [4.78, 5) is 15.3. The van der Waals surface area contributed by atoms with Crippen molar-refractivity contribution in [2.24, 2.45) is 0 Å². The van der Waals surface area contributed by atoms with Crippen LogP contribution in [0.1, 0.15) is 29.0 Å². The Kier molecular flexibility index (Phi) is 5.48. The lowest BCUT2D eigenvalue weighted by atomic mass is 10.0. The van der Waals surface area contributed by atoms with Crippen LogP contribution >= 0.6 is 0 Å². The van der Waals surface area contributed by atoms with Crippen molar-refractivity contribution in [2.75, 3.05) is 31.0 Å². The maximum atomic E-state index is 13.5. The van der Waals surface area contributed by atoms with E-state index < -0.39 is 6.17 Å². The van der Waals surface area contributed by atoms with Crippen LogP contribution in [0.4, 0.5) is 11.4 Å². The van der Waals surface area contributed by atoms with Gasteiger partial charge in [0.05, 0.1) is 26.4 Å². The Morgan fingerprint density at radius 3 is 2.40 bits per heavy atom. The first kappa shape index (κ1) is 19.6. The van der Waals surface area contributed by atoms with E-state index in [0.717, 1.165) is 22.7 Å². The summed E-state index contributed by atoms with van der Waals surface area (Å²) >= 11 is 0. The highest BCUT2D eigenvalue weighted by atomic mass is 16.5. The predicted molar refractivity (Wildman–Crippen MR) is 117 cm³/mol. The van der Waals surface area contributed by atoms with Crippen LogP contribution in [-0.2, 0) is 0 Å². The SMILES string of the molecule is CCOc1ccc(N2C(=O)c3ccccc3N[C@H]2c2cccc(OC)c2OC)cc1. The number of amides is 1. The number of hydrogen-bond acceptors (Lipinski definition) is 5. The Hall–Kier alpha value is -3.67. The Balaban J connectivity index is 1.85. The fourth-order valence-electron chi connectivity index (χ4n) is 3.73. The van der Waals surface area contributed by atoms with Crippen molar-refractivity contribution in [1.29, 1.82) is 0 Å². The van der Waals surface area contributed by atoms with Crippen LogP contribution in [0.15, 0.2) is 66.7 Å². The Morgan fingerprint density at radius 2 is 1.70 bits per heavy atom. The van der Waals surface area contributed by atoms with Crippen molar-refractivity contribution in [3.05, 3.63) is 77.9 Å². The van der Waals surface area contributed by atoms with Crippen molar-refractivity contribution in [3.8, 4) is 17.2 Å². The van der Waals surface area contributed by atoms with Crippen molar-refractivity contribution < 1.29 is 19.0 Å². The molecule has 30 heavy (non-hydrogen) atoms.